The van der Waals surface area contributed by atoms with Crippen LogP contribution in [0.25, 0.3) is 0 Å². The predicted molar refractivity (Wildman–Crippen MR) is 78.2 cm³/mol. The minimum Gasteiger partial charge on any atom is -0.378 e. The summed E-state index contributed by atoms with van der Waals surface area (Å²) in [6.45, 7) is 0.948. The van der Waals surface area contributed by atoms with Crippen LogP contribution in [0.1, 0.15) is 50.5 Å². The molecule has 19 heavy (non-hydrogen) atoms. The Hall–Kier alpha value is -0.860. The zero-order valence-electron chi connectivity index (χ0n) is 11.7. The lowest BCUT2D eigenvalue weighted by atomic mass is 9.59. The highest BCUT2D eigenvalue weighted by Gasteiger charge is 2.43. The molecular weight excluding hydrogens is 234 g/mol. The van der Waals surface area contributed by atoms with Crippen molar-refractivity contribution in [2.45, 2.75) is 62.5 Å². The summed E-state index contributed by atoms with van der Waals surface area (Å²) >= 11 is 0. The van der Waals surface area contributed by atoms with Crippen molar-refractivity contribution in [2.24, 2.45) is 5.73 Å². The third kappa shape index (κ3) is 2.56. The fourth-order valence-corrected chi connectivity index (χ4v) is 3.72. The molecule has 1 aliphatic heterocycles. The van der Waals surface area contributed by atoms with E-state index in [1.165, 1.54) is 37.7 Å². The molecule has 2 fully saturated rings. The molecular formula is C17H25NO. The van der Waals surface area contributed by atoms with Crippen molar-refractivity contribution in [3.8, 4) is 0 Å². The molecule has 1 aromatic rings. The molecule has 0 aromatic heterocycles. The minimum atomic E-state index is 0.250. The highest BCUT2D eigenvalue weighted by molar-refractivity contribution is 5.30. The van der Waals surface area contributed by atoms with Crippen molar-refractivity contribution >= 4 is 0 Å². The molecule has 1 aliphatic carbocycles. The molecule has 2 nitrogen and oxygen atoms in total. The Morgan fingerprint density at radius 1 is 1.21 bits per heavy atom. The van der Waals surface area contributed by atoms with E-state index in [2.05, 4.69) is 30.3 Å². The second kappa shape index (κ2) is 5.64. The first-order valence-corrected chi connectivity index (χ1v) is 7.74. The van der Waals surface area contributed by atoms with E-state index in [9.17, 15) is 0 Å². The van der Waals surface area contributed by atoms with Crippen LogP contribution in [-0.4, -0.2) is 18.8 Å². The molecule has 2 atom stereocenters. The Labute approximate surface area is 116 Å². The van der Waals surface area contributed by atoms with Crippen molar-refractivity contribution in [1.29, 1.82) is 0 Å². The highest BCUT2D eigenvalue weighted by Crippen LogP contribution is 2.47. The molecule has 1 saturated carbocycles. The standard InChI is InChI=1S/C17H25NO/c18-16(10-9-15-8-4-13-19-15)17(11-5-12-17)14-6-2-1-3-7-14/h1-3,6-7,15-16H,4-5,8-13,18H2. The largest absolute Gasteiger partial charge is 0.378 e. The molecule has 0 radical (unpaired) electrons. The van der Waals surface area contributed by atoms with Crippen LogP contribution in [0.5, 0.6) is 0 Å². The summed E-state index contributed by atoms with van der Waals surface area (Å²) in [5, 5.41) is 0. The zero-order chi connectivity index (χ0) is 13.1. The van der Waals surface area contributed by atoms with E-state index in [4.69, 9.17) is 10.5 Å². The number of nitrogens with two attached hydrogens (primary N) is 1. The van der Waals surface area contributed by atoms with E-state index < -0.39 is 0 Å². The van der Waals surface area contributed by atoms with Crippen LogP contribution < -0.4 is 5.73 Å². The first-order valence-electron chi connectivity index (χ1n) is 7.74. The van der Waals surface area contributed by atoms with Gasteiger partial charge in [0.1, 0.15) is 0 Å². The van der Waals surface area contributed by atoms with Gasteiger partial charge in [-0.05, 0) is 44.1 Å². The fourth-order valence-electron chi connectivity index (χ4n) is 3.72. The van der Waals surface area contributed by atoms with Crippen molar-refractivity contribution in [3.05, 3.63) is 35.9 Å². The number of benzene rings is 1. The second-order valence-electron chi connectivity index (χ2n) is 6.19. The lowest BCUT2D eigenvalue weighted by molar-refractivity contribution is 0.0923. The molecule has 0 amide bonds. The van der Waals surface area contributed by atoms with Crippen LogP contribution in [0.4, 0.5) is 0 Å². The molecule has 3 rings (SSSR count). The average Bonchev–Trinajstić information content (AvgIpc) is 2.89. The van der Waals surface area contributed by atoms with Gasteiger partial charge in [-0.1, -0.05) is 36.8 Å². The minimum absolute atomic E-state index is 0.250. The van der Waals surface area contributed by atoms with Crippen LogP contribution in [0.15, 0.2) is 30.3 Å². The smallest absolute Gasteiger partial charge is 0.0576 e. The van der Waals surface area contributed by atoms with Crippen molar-refractivity contribution in [1.82, 2.24) is 0 Å². The van der Waals surface area contributed by atoms with Crippen molar-refractivity contribution in [3.63, 3.8) is 0 Å². The number of ether oxygens (including phenoxy) is 1. The van der Waals surface area contributed by atoms with E-state index in [0.717, 1.165) is 19.4 Å². The van der Waals surface area contributed by atoms with E-state index in [1.54, 1.807) is 0 Å². The van der Waals surface area contributed by atoms with Gasteiger partial charge in [0.15, 0.2) is 0 Å². The van der Waals surface area contributed by atoms with Crippen LogP contribution in [0, 0.1) is 0 Å². The predicted octanol–water partition coefficient (Wildman–Crippen LogP) is 3.39. The molecule has 2 aliphatic rings. The maximum atomic E-state index is 6.57. The van der Waals surface area contributed by atoms with Crippen LogP contribution in [-0.2, 0) is 10.2 Å². The maximum absolute atomic E-state index is 6.57. The van der Waals surface area contributed by atoms with Crippen molar-refractivity contribution < 1.29 is 4.74 Å². The maximum Gasteiger partial charge on any atom is 0.0576 e. The molecule has 1 saturated heterocycles. The third-order valence-electron chi connectivity index (χ3n) is 5.13. The van der Waals surface area contributed by atoms with E-state index in [1.807, 2.05) is 0 Å². The van der Waals surface area contributed by atoms with Gasteiger partial charge in [-0.15, -0.1) is 0 Å². The van der Waals surface area contributed by atoms with Gasteiger partial charge >= 0.3 is 0 Å². The summed E-state index contributed by atoms with van der Waals surface area (Å²) in [6.07, 6.45) is 8.99. The Kier molecular flexibility index (Phi) is 3.90. The molecule has 2 N–H and O–H groups in total. The van der Waals surface area contributed by atoms with Crippen molar-refractivity contribution in [2.75, 3.05) is 6.61 Å². The average molecular weight is 259 g/mol. The molecule has 2 heteroatoms. The summed E-state index contributed by atoms with van der Waals surface area (Å²) < 4.78 is 5.72. The lowest BCUT2D eigenvalue weighted by Gasteiger charge is -2.47. The first kappa shape index (κ1) is 13.1. The number of hydrogen-bond acceptors (Lipinski definition) is 2. The van der Waals surface area contributed by atoms with Gasteiger partial charge in [-0.3, -0.25) is 0 Å². The summed E-state index contributed by atoms with van der Waals surface area (Å²) in [7, 11) is 0. The normalized spacial score (nSPS) is 26.9. The van der Waals surface area contributed by atoms with Gasteiger partial charge in [-0.25, -0.2) is 0 Å². The van der Waals surface area contributed by atoms with Gasteiger partial charge < -0.3 is 10.5 Å². The number of rotatable bonds is 5. The van der Waals surface area contributed by atoms with E-state index in [-0.39, 0.29) is 11.5 Å². The molecule has 1 heterocycles. The van der Waals surface area contributed by atoms with Gasteiger partial charge in [0.05, 0.1) is 6.10 Å². The van der Waals surface area contributed by atoms with Gasteiger partial charge in [-0.2, -0.15) is 0 Å². The van der Waals surface area contributed by atoms with Crippen LogP contribution in [0.3, 0.4) is 0 Å². The molecule has 1 aromatic carbocycles. The van der Waals surface area contributed by atoms with Gasteiger partial charge in [0.25, 0.3) is 0 Å². The zero-order valence-corrected chi connectivity index (χ0v) is 11.7. The second-order valence-corrected chi connectivity index (χ2v) is 6.19. The van der Waals surface area contributed by atoms with Crippen LogP contribution in [0.2, 0.25) is 0 Å². The molecule has 0 spiro atoms. The topological polar surface area (TPSA) is 35.2 Å². The molecule has 104 valence electrons. The monoisotopic (exact) mass is 259 g/mol. The Balaban J connectivity index is 1.64. The van der Waals surface area contributed by atoms with E-state index in [0.29, 0.717) is 6.10 Å². The molecule has 2 unspecified atom stereocenters. The Bertz CT molecular complexity index is 393. The van der Waals surface area contributed by atoms with Crippen LogP contribution >= 0.6 is 0 Å². The lowest BCUT2D eigenvalue weighted by Crippen LogP contribution is -2.50. The Morgan fingerprint density at radius 2 is 2.00 bits per heavy atom. The summed E-state index contributed by atoms with van der Waals surface area (Å²) in [4.78, 5) is 0. The highest BCUT2D eigenvalue weighted by atomic mass is 16.5. The third-order valence-corrected chi connectivity index (χ3v) is 5.13. The quantitative estimate of drug-likeness (QED) is 0.879. The molecule has 0 bridgehead atoms. The summed E-state index contributed by atoms with van der Waals surface area (Å²) in [6, 6.07) is 11.2. The summed E-state index contributed by atoms with van der Waals surface area (Å²) in [5.41, 5.74) is 8.26. The van der Waals surface area contributed by atoms with E-state index >= 15 is 0 Å². The summed E-state index contributed by atoms with van der Waals surface area (Å²) in [5.74, 6) is 0. The fraction of sp³-hybridized carbons (Fsp3) is 0.647. The number of hydrogen-bond donors (Lipinski definition) is 1. The van der Waals surface area contributed by atoms with Gasteiger partial charge in [0.2, 0.25) is 0 Å². The Morgan fingerprint density at radius 3 is 2.58 bits per heavy atom. The SMILES string of the molecule is NC(CCC1CCCO1)C1(c2ccccc2)CCC1. The van der Waals surface area contributed by atoms with Gasteiger partial charge in [0, 0.05) is 18.1 Å². The first-order chi connectivity index (χ1) is 9.31.